The van der Waals surface area contributed by atoms with Crippen LogP contribution in [0.5, 0.6) is 5.75 Å². The van der Waals surface area contributed by atoms with E-state index in [0.29, 0.717) is 51.5 Å². The predicted molar refractivity (Wildman–Crippen MR) is 125 cm³/mol. The number of nitrogens with zero attached hydrogens (tertiary/aromatic N) is 4. The average molecular weight is 491 g/mol. The van der Waals surface area contributed by atoms with Crippen LogP contribution in [0.3, 0.4) is 0 Å². The lowest BCUT2D eigenvalue weighted by molar-refractivity contribution is -0.151. The van der Waals surface area contributed by atoms with Crippen LogP contribution in [0.25, 0.3) is 0 Å². The first-order valence-corrected chi connectivity index (χ1v) is 11.6. The summed E-state index contributed by atoms with van der Waals surface area (Å²) in [6, 6.07) is 12.9. The molecule has 2 aliphatic rings. The van der Waals surface area contributed by atoms with Gasteiger partial charge in [-0.25, -0.2) is 0 Å². The minimum Gasteiger partial charge on any atom is -0.496 e. The van der Waals surface area contributed by atoms with Crippen LogP contribution < -0.4 is 9.64 Å². The van der Waals surface area contributed by atoms with E-state index in [1.54, 1.807) is 13.2 Å². The molecule has 0 bridgehead atoms. The number of anilines is 1. The molecule has 2 saturated heterocycles. The molecule has 2 amide bonds. The quantitative estimate of drug-likeness (QED) is 0.557. The zero-order valence-corrected chi connectivity index (χ0v) is 19.6. The van der Waals surface area contributed by atoms with Gasteiger partial charge < -0.3 is 9.64 Å². The lowest BCUT2D eigenvalue weighted by Gasteiger charge is -2.38. The van der Waals surface area contributed by atoms with Crippen molar-refractivity contribution in [3.8, 4) is 5.75 Å². The molecular formula is C25H29F3N4O3. The van der Waals surface area contributed by atoms with Crippen LogP contribution in [0.15, 0.2) is 48.5 Å². The molecule has 0 aliphatic carbocycles. The van der Waals surface area contributed by atoms with E-state index in [9.17, 15) is 22.8 Å². The number of carbonyl (C=O) groups is 2. The number of hydrogen-bond donors (Lipinski definition) is 0. The number of piperazine rings is 2. The second kappa shape index (κ2) is 10.7. The summed E-state index contributed by atoms with van der Waals surface area (Å²) in [6.07, 6.45) is -4.37. The first kappa shape index (κ1) is 25.0. The summed E-state index contributed by atoms with van der Waals surface area (Å²) in [5, 5.41) is 0. The Morgan fingerprint density at radius 1 is 0.857 bits per heavy atom. The van der Waals surface area contributed by atoms with Crippen molar-refractivity contribution in [3.63, 3.8) is 0 Å². The molecule has 35 heavy (non-hydrogen) atoms. The van der Waals surface area contributed by atoms with Gasteiger partial charge in [0.1, 0.15) is 5.75 Å². The first-order chi connectivity index (χ1) is 16.7. The van der Waals surface area contributed by atoms with E-state index in [1.807, 2.05) is 34.1 Å². The highest BCUT2D eigenvalue weighted by molar-refractivity contribution is 5.99. The van der Waals surface area contributed by atoms with E-state index >= 15 is 0 Å². The number of rotatable bonds is 7. The fraction of sp³-hybridized carbons (Fsp3) is 0.440. The van der Waals surface area contributed by atoms with Crippen molar-refractivity contribution >= 4 is 17.5 Å². The maximum Gasteiger partial charge on any atom is 0.416 e. The summed E-state index contributed by atoms with van der Waals surface area (Å²) in [6.45, 7) is 4.07. The smallest absolute Gasteiger partial charge is 0.416 e. The van der Waals surface area contributed by atoms with Crippen molar-refractivity contribution in [2.24, 2.45) is 0 Å². The van der Waals surface area contributed by atoms with Gasteiger partial charge in [0.15, 0.2) is 0 Å². The van der Waals surface area contributed by atoms with E-state index in [4.69, 9.17) is 4.74 Å². The molecule has 10 heteroatoms. The Balaban J connectivity index is 1.26. The monoisotopic (exact) mass is 490 g/mol. The Morgan fingerprint density at radius 3 is 2.20 bits per heavy atom. The van der Waals surface area contributed by atoms with Crippen LogP contribution >= 0.6 is 0 Å². The number of benzene rings is 2. The molecule has 0 unspecified atom stereocenters. The van der Waals surface area contributed by atoms with Crippen LogP contribution in [-0.2, 0) is 22.3 Å². The summed E-state index contributed by atoms with van der Waals surface area (Å²) in [7, 11) is 1.59. The second-order valence-electron chi connectivity index (χ2n) is 8.77. The third kappa shape index (κ3) is 6.12. The third-order valence-corrected chi connectivity index (χ3v) is 6.46. The third-order valence-electron chi connectivity index (χ3n) is 6.46. The van der Waals surface area contributed by atoms with Crippen molar-refractivity contribution in [1.82, 2.24) is 14.7 Å². The van der Waals surface area contributed by atoms with Gasteiger partial charge in [-0.05, 0) is 24.3 Å². The lowest BCUT2D eigenvalue weighted by atomic mass is 10.1. The number of amides is 2. The van der Waals surface area contributed by atoms with Crippen molar-refractivity contribution in [2.45, 2.75) is 12.7 Å². The minimum absolute atomic E-state index is 0.160. The van der Waals surface area contributed by atoms with Crippen LogP contribution in [-0.4, -0.2) is 86.0 Å². The number of ether oxygens (including phenoxy) is 1. The average Bonchev–Trinajstić information content (AvgIpc) is 2.84. The molecule has 188 valence electrons. The molecule has 0 saturated carbocycles. The molecule has 0 aromatic heterocycles. The molecule has 0 atom stereocenters. The first-order valence-electron chi connectivity index (χ1n) is 11.6. The van der Waals surface area contributed by atoms with Gasteiger partial charge in [0, 0.05) is 57.1 Å². The molecular weight excluding hydrogens is 461 g/mol. The Labute approximate surface area is 202 Å². The molecule has 0 spiro atoms. The molecule has 0 N–H and O–H groups in total. The topological polar surface area (TPSA) is 56.3 Å². The fourth-order valence-electron chi connectivity index (χ4n) is 4.53. The molecule has 2 aromatic rings. The highest BCUT2D eigenvalue weighted by Crippen LogP contribution is 2.32. The molecule has 0 radical (unpaired) electrons. The minimum atomic E-state index is -4.37. The molecule has 2 aromatic carbocycles. The van der Waals surface area contributed by atoms with Crippen LogP contribution in [0, 0.1) is 0 Å². The SMILES string of the molecule is COc1ccccc1CN1CC(=O)N(CCN2CCN(c3cccc(C(F)(F)F)c3)CC2)C(=O)C1. The zero-order chi connectivity index (χ0) is 25.0. The Morgan fingerprint density at radius 2 is 1.54 bits per heavy atom. The molecule has 2 fully saturated rings. The van der Waals surface area contributed by atoms with Crippen molar-refractivity contribution in [1.29, 1.82) is 0 Å². The second-order valence-corrected chi connectivity index (χ2v) is 8.77. The summed E-state index contributed by atoms with van der Waals surface area (Å²) < 4.78 is 44.4. The number of alkyl halides is 3. The van der Waals surface area contributed by atoms with Gasteiger partial charge in [-0.3, -0.25) is 24.3 Å². The maximum atomic E-state index is 13.0. The fourth-order valence-corrected chi connectivity index (χ4v) is 4.53. The summed E-state index contributed by atoms with van der Waals surface area (Å²) >= 11 is 0. The van der Waals surface area contributed by atoms with Gasteiger partial charge in [-0.2, -0.15) is 13.2 Å². The van der Waals surface area contributed by atoms with Gasteiger partial charge in [0.2, 0.25) is 11.8 Å². The highest BCUT2D eigenvalue weighted by atomic mass is 19.4. The summed E-state index contributed by atoms with van der Waals surface area (Å²) in [5.41, 5.74) is 0.818. The molecule has 2 heterocycles. The van der Waals surface area contributed by atoms with E-state index in [0.717, 1.165) is 17.4 Å². The van der Waals surface area contributed by atoms with Crippen molar-refractivity contribution in [2.75, 3.05) is 64.4 Å². The number of methoxy groups -OCH3 is 1. The van der Waals surface area contributed by atoms with E-state index in [2.05, 4.69) is 4.90 Å². The number of imide groups is 1. The van der Waals surface area contributed by atoms with E-state index < -0.39 is 11.7 Å². The van der Waals surface area contributed by atoms with Gasteiger partial charge >= 0.3 is 6.18 Å². The molecule has 7 nitrogen and oxygen atoms in total. The molecule has 2 aliphatic heterocycles. The van der Waals surface area contributed by atoms with E-state index in [1.165, 1.54) is 17.0 Å². The van der Waals surface area contributed by atoms with Crippen LogP contribution in [0.1, 0.15) is 11.1 Å². The number of halogens is 3. The largest absolute Gasteiger partial charge is 0.496 e. The van der Waals surface area contributed by atoms with Crippen LogP contribution in [0.2, 0.25) is 0 Å². The zero-order valence-electron chi connectivity index (χ0n) is 19.6. The standard InChI is InChI=1S/C25H29F3N4O3/c1-35-22-8-3-2-5-19(22)16-30-17-23(33)32(24(34)18-30)14-11-29-9-12-31(13-10-29)21-7-4-6-20(15-21)25(26,27)28/h2-8,15H,9-14,16-18H2,1H3. The number of para-hydroxylation sites is 1. The number of hydrogen-bond acceptors (Lipinski definition) is 6. The van der Waals surface area contributed by atoms with Gasteiger partial charge in [-0.1, -0.05) is 24.3 Å². The predicted octanol–water partition coefficient (Wildman–Crippen LogP) is 2.71. The number of carbonyl (C=O) groups excluding carboxylic acids is 2. The van der Waals surface area contributed by atoms with Crippen molar-refractivity contribution in [3.05, 3.63) is 59.7 Å². The van der Waals surface area contributed by atoms with Crippen molar-refractivity contribution < 1.29 is 27.5 Å². The lowest BCUT2D eigenvalue weighted by Crippen LogP contribution is -2.56. The summed E-state index contributed by atoms with van der Waals surface area (Å²) in [5.74, 6) is 0.275. The van der Waals surface area contributed by atoms with Gasteiger partial charge in [-0.15, -0.1) is 0 Å². The van der Waals surface area contributed by atoms with Gasteiger partial charge in [0.25, 0.3) is 0 Å². The Kier molecular flexibility index (Phi) is 7.61. The summed E-state index contributed by atoms with van der Waals surface area (Å²) in [4.78, 5) is 32.6. The molecule has 4 rings (SSSR count). The maximum absolute atomic E-state index is 13.0. The highest BCUT2D eigenvalue weighted by Gasteiger charge is 2.33. The Bertz CT molecular complexity index is 1040. The normalized spacial score (nSPS) is 18.3. The Hall–Kier alpha value is -3.11. The van der Waals surface area contributed by atoms with Gasteiger partial charge in [0.05, 0.1) is 25.8 Å². The van der Waals surface area contributed by atoms with E-state index in [-0.39, 0.29) is 24.9 Å². The van der Waals surface area contributed by atoms with Crippen LogP contribution in [0.4, 0.5) is 18.9 Å².